The van der Waals surface area contributed by atoms with Crippen LogP contribution in [0.5, 0.6) is 11.5 Å². The molecule has 0 saturated carbocycles. The highest BCUT2D eigenvalue weighted by atomic mass is 32.2. The zero-order valence-corrected chi connectivity index (χ0v) is 14.6. The van der Waals surface area contributed by atoms with Crippen LogP contribution in [0.4, 0.5) is 0 Å². The van der Waals surface area contributed by atoms with Gasteiger partial charge in [0.25, 0.3) is 0 Å². The molecule has 23 heavy (non-hydrogen) atoms. The number of hydrogen-bond donors (Lipinski definition) is 0. The van der Waals surface area contributed by atoms with Crippen LogP contribution in [0.15, 0.2) is 34.7 Å². The summed E-state index contributed by atoms with van der Waals surface area (Å²) in [6.07, 6.45) is 1.73. The minimum absolute atomic E-state index is 0.0199. The molecule has 2 aromatic rings. The molecule has 124 valence electrons. The first-order chi connectivity index (χ1) is 11.0. The molecule has 1 aromatic heterocycles. The van der Waals surface area contributed by atoms with Crippen LogP contribution in [-0.4, -0.2) is 44.5 Å². The van der Waals surface area contributed by atoms with Gasteiger partial charge in [-0.2, -0.15) is 0 Å². The smallest absolute Gasteiger partial charge is 0.246 e. The van der Waals surface area contributed by atoms with Crippen molar-refractivity contribution in [1.29, 1.82) is 0 Å². The zero-order chi connectivity index (χ0) is 16.4. The van der Waals surface area contributed by atoms with Crippen molar-refractivity contribution in [3.05, 3.63) is 34.8 Å². The topological polar surface area (TPSA) is 68.7 Å². The van der Waals surface area contributed by atoms with Crippen LogP contribution in [0.3, 0.4) is 0 Å². The maximum Gasteiger partial charge on any atom is 0.246 e. The fourth-order valence-electron chi connectivity index (χ4n) is 2.46. The Hall–Kier alpha value is -1.64. The Labute approximate surface area is 139 Å². The first-order valence-corrected chi connectivity index (χ1v) is 9.56. The van der Waals surface area contributed by atoms with Crippen molar-refractivity contribution in [2.45, 2.75) is 17.7 Å². The summed E-state index contributed by atoms with van der Waals surface area (Å²) in [4.78, 5) is 4.39. The van der Waals surface area contributed by atoms with Crippen molar-refractivity contribution in [2.75, 3.05) is 26.8 Å². The molecular weight excluding hydrogens is 336 g/mol. The largest absolute Gasteiger partial charge is 0.486 e. The van der Waals surface area contributed by atoms with E-state index in [1.807, 2.05) is 12.3 Å². The summed E-state index contributed by atoms with van der Waals surface area (Å²) >= 11 is 1.53. The number of thiazole rings is 1. The van der Waals surface area contributed by atoms with E-state index >= 15 is 0 Å². The van der Waals surface area contributed by atoms with Gasteiger partial charge in [-0.3, -0.25) is 0 Å². The van der Waals surface area contributed by atoms with Gasteiger partial charge < -0.3 is 9.47 Å². The van der Waals surface area contributed by atoms with E-state index in [1.54, 1.807) is 31.4 Å². The molecule has 0 saturated heterocycles. The number of nitrogens with zero attached hydrogens (tertiary/aromatic N) is 2. The highest BCUT2D eigenvalue weighted by Gasteiger charge is 2.29. The average molecular weight is 354 g/mol. The van der Waals surface area contributed by atoms with Crippen LogP contribution < -0.4 is 9.47 Å². The highest BCUT2D eigenvalue weighted by Crippen LogP contribution is 2.37. The van der Waals surface area contributed by atoms with Crippen LogP contribution in [-0.2, 0) is 10.0 Å². The summed E-state index contributed by atoms with van der Waals surface area (Å²) in [7, 11) is -2.09. The standard InChI is InChI=1S/C15H18N2O4S2/c1-11(15-16-6-9-22-15)10-17(2)23(18,19)13-5-3-4-12-14(13)21-8-7-20-12/h3-6,9,11H,7-8,10H2,1-2H3. The molecule has 6 nitrogen and oxygen atoms in total. The summed E-state index contributed by atoms with van der Waals surface area (Å²) in [5.74, 6) is 0.790. The third-order valence-corrected chi connectivity index (χ3v) is 6.48. The molecule has 0 aliphatic carbocycles. The quantitative estimate of drug-likeness (QED) is 0.824. The lowest BCUT2D eigenvalue weighted by atomic mass is 10.2. The van der Waals surface area contributed by atoms with Crippen LogP contribution in [0.2, 0.25) is 0 Å². The molecule has 1 aliphatic heterocycles. The van der Waals surface area contributed by atoms with Gasteiger partial charge in [0.05, 0.1) is 5.01 Å². The van der Waals surface area contributed by atoms with E-state index < -0.39 is 10.0 Å². The monoisotopic (exact) mass is 354 g/mol. The van der Waals surface area contributed by atoms with Gasteiger partial charge in [-0.05, 0) is 12.1 Å². The van der Waals surface area contributed by atoms with E-state index in [9.17, 15) is 8.42 Å². The molecular formula is C15H18N2O4S2. The second-order valence-corrected chi connectivity index (χ2v) is 8.28. The minimum atomic E-state index is -3.66. The molecule has 1 atom stereocenters. The Morgan fingerprint density at radius 1 is 1.35 bits per heavy atom. The molecule has 0 bridgehead atoms. The second-order valence-electron chi connectivity index (χ2n) is 5.34. The molecule has 0 spiro atoms. The number of fused-ring (bicyclic) bond motifs is 1. The molecule has 1 unspecified atom stereocenters. The fourth-order valence-corrected chi connectivity index (χ4v) is 4.55. The number of likely N-dealkylation sites (N-methyl/N-ethyl adjacent to an activating group) is 1. The normalized spacial score (nSPS) is 15.6. The Balaban J connectivity index is 1.86. The number of sulfonamides is 1. The predicted octanol–water partition coefficient (Wildman–Crippen LogP) is 2.34. The first kappa shape index (κ1) is 16.2. The van der Waals surface area contributed by atoms with Gasteiger partial charge in [0.15, 0.2) is 11.5 Å². The van der Waals surface area contributed by atoms with E-state index in [0.29, 0.717) is 31.3 Å². The van der Waals surface area contributed by atoms with E-state index in [2.05, 4.69) is 4.98 Å². The fraction of sp³-hybridized carbons (Fsp3) is 0.400. The van der Waals surface area contributed by atoms with Crippen molar-refractivity contribution in [1.82, 2.24) is 9.29 Å². The SMILES string of the molecule is CC(CN(C)S(=O)(=O)c1cccc2c1OCCO2)c1nccs1. The van der Waals surface area contributed by atoms with Gasteiger partial charge in [-0.1, -0.05) is 13.0 Å². The molecule has 0 amide bonds. The Morgan fingerprint density at radius 3 is 2.87 bits per heavy atom. The Morgan fingerprint density at radius 2 is 2.13 bits per heavy atom. The molecule has 2 heterocycles. The van der Waals surface area contributed by atoms with Crippen molar-refractivity contribution in [3.63, 3.8) is 0 Å². The van der Waals surface area contributed by atoms with Crippen molar-refractivity contribution in [2.24, 2.45) is 0 Å². The summed E-state index contributed by atoms with van der Waals surface area (Å²) in [6, 6.07) is 4.93. The van der Waals surface area contributed by atoms with Crippen LogP contribution in [0.25, 0.3) is 0 Å². The summed E-state index contributed by atoms with van der Waals surface area (Å²) in [6.45, 7) is 3.08. The lowest BCUT2D eigenvalue weighted by Gasteiger charge is -2.24. The van der Waals surface area contributed by atoms with Gasteiger partial charge in [-0.15, -0.1) is 11.3 Å². The predicted molar refractivity (Wildman–Crippen MR) is 87.8 cm³/mol. The van der Waals surface area contributed by atoms with Gasteiger partial charge >= 0.3 is 0 Å². The van der Waals surface area contributed by atoms with Crippen molar-refractivity contribution >= 4 is 21.4 Å². The zero-order valence-electron chi connectivity index (χ0n) is 12.9. The molecule has 1 aliphatic rings. The third-order valence-electron chi connectivity index (χ3n) is 3.62. The van der Waals surface area contributed by atoms with Crippen LogP contribution in [0, 0.1) is 0 Å². The van der Waals surface area contributed by atoms with Crippen LogP contribution in [0.1, 0.15) is 17.8 Å². The highest BCUT2D eigenvalue weighted by molar-refractivity contribution is 7.89. The summed E-state index contributed by atoms with van der Waals surface area (Å²) in [5.41, 5.74) is 0. The number of aromatic nitrogens is 1. The minimum Gasteiger partial charge on any atom is -0.486 e. The van der Waals surface area contributed by atoms with E-state index in [0.717, 1.165) is 5.01 Å². The maximum atomic E-state index is 12.9. The Kier molecular flexibility index (Phi) is 4.56. The number of benzene rings is 1. The van der Waals surface area contributed by atoms with Crippen molar-refractivity contribution in [3.8, 4) is 11.5 Å². The molecule has 3 rings (SSSR count). The number of hydrogen-bond acceptors (Lipinski definition) is 6. The van der Waals surface area contributed by atoms with Gasteiger partial charge in [0.2, 0.25) is 10.0 Å². The number of para-hydroxylation sites is 1. The third kappa shape index (κ3) is 3.19. The Bertz CT molecular complexity index is 775. The lowest BCUT2D eigenvalue weighted by Crippen LogP contribution is -2.31. The number of ether oxygens (including phenoxy) is 2. The molecule has 0 radical (unpaired) electrons. The summed E-state index contributed by atoms with van der Waals surface area (Å²) in [5, 5.41) is 2.81. The summed E-state index contributed by atoms with van der Waals surface area (Å²) < 4.78 is 38.1. The second kappa shape index (κ2) is 6.46. The van der Waals surface area contributed by atoms with Gasteiger partial charge in [-0.25, -0.2) is 17.7 Å². The lowest BCUT2D eigenvalue weighted by molar-refractivity contribution is 0.166. The van der Waals surface area contributed by atoms with E-state index in [1.165, 1.54) is 15.6 Å². The molecule has 8 heteroatoms. The average Bonchev–Trinajstić information content (AvgIpc) is 3.08. The molecule has 1 aromatic carbocycles. The first-order valence-electron chi connectivity index (χ1n) is 7.24. The van der Waals surface area contributed by atoms with E-state index in [-0.39, 0.29) is 10.8 Å². The maximum absolute atomic E-state index is 12.9. The van der Waals surface area contributed by atoms with Gasteiger partial charge in [0, 0.05) is 31.1 Å². The number of rotatable bonds is 5. The van der Waals surface area contributed by atoms with Crippen molar-refractivity contribution < 1.29 is 17.9 Å². The molecule has 0 N–H and O–H groups in total. The van der Waals surface area contributed by atoms with E-state index in [4.69, 9.17) is 9.47 Å². The van der Waals surface area contributed by atoms with Crippen LogP contribution >= 0.6 is 11.3 Å². The van der Waals surface area contributed by atoms with Gasteiger partial charge in [0.1, 0.15) is 18.1 Å². The molecule has 0 fully saturated rings.